The monoisotopic (exact) mass is 407 g/mol. The average Bonchev–Trinajstić information content (AvgIpc) is 2.77. The Hall–Kier alpha value is -3.15. The van der Waals surface area contributed by atoms with Gasteiger partial charge in [-0.25, -0.2) is 0 Å². The zero-order valence-corrected chi connectivity index (χ0v) is 17.8. The molecule has 1 aliphatic carbocycles. The molecule has 1 aromatic heterocycles. The van der Waals surface area contributed by atoms with Crippen molar-refractivity contribution in [3.63, 3.8) is 0 Å². The van der Waals surface area contributed by atoms with E-state index >= 15 is 0 Å². The van der Waals surface area contributed by atoms with Crippen LogP contribution in [0.1, 0.15) is 44.2 Å². The number of hydrogen-bond donors (Lipinski definition) is 1. The molecule has 0 amide bonds. The number of pyridine rings is 1. The van der Waals surface area contributed by atoms with Crippen LogP contribution in [-0.4, -0.2) is 29.8 Å². The SMILES string of the molecule is COC(=O)[C@@H]1CCC(=C(N)c2cncc(OCc3ccccc3)c2)C(=NC(C)C)C1. The maximum atomic E-state index is 12.0. The number of carbonyl (C=O) groups excluding carboxylic acids is 1. The fraction of sp³-hybridized carbons (Fsp3) is 0.375. The van der Waals surface area contributed by atoms with Gasteiger partial charge in [-0.3, -0.25) is 14.8 Å². The van der Waals surface area contributed by atoms with E-state index in [2.05, 4.69) is 4.98 Å². The lowest BCUT2D eigenvalue weighted by Gasteiger charge is -2.26. The second kappa shape index (κ2) is 10.1. The minimum atomic E-state index is -0.193. The number of ether oxygens (including phenoxy) is 2. The molecule has 1 heterocycles. The Morgan fingerprint density at radius 2 is 2.03 bits per heavy atom. The molecule has 0 aliphatic heterocycles. The first-order chi connectivity index (χ1) is 14.5. The quantitative estimate of drug-likeness (QED) is 0.727. The van der Waals surface area contributed by atoms with E-state index in [1.54, 1.807) is 12.4 Å². The van der Waals surface area contributed by atoms with Crippen LogP contribution in [0.5, 0.6) is 5.75 Å². The fourth-order valence-electron chi connectivity index (χ4n) is 3.58. The second-order valence-corrected chi connectivity index (χ2v) is 7.71. The van der Waals surface area contributed by atoms with E-state index in [1.165, 1.54) is 7.11 Å². The van der Waals surface area contributed by atoms with E-state index in [0.717, 1.165) is 22.4 Å². The number of nitrogens with two attached hydrogens (primary N) is 1. The van der Waals surface area contributed by atoms with Gasteiger partial charge in [-0.15, -0.1) is 0 Å². The summed E-state index contributed by atoms with van der Waals surface area (Å²) in [6.07, 6.45) is 5.32. The summed E-state index contributed by atoms with van der Waals surface area (Å²) in [7, 11) is 1.42. The molecule has 6 heteroatoms. The number of hydrogen-bond acceptors (Lipinski definition) is 6. The van der Waals surface area contributed by atoms with Gasteiger partial charge in [-0.2, -0.15) is 0 Å². The second-order valence-electron chi connectivity index (χ2n) is 7.71. The highest BCUT2D eigenvalue weighted by Gasteiger charge is 2.30. The summed E-state index contributed by atoms with van der Waals surface area (Å²) in [5.41, 5.74) is 10.9. The molecule has 1 aliphatic rings. The summed E-state index contributed by atoms with van der Waals surface area (Å²) < 4.78 is 10.8. The first-order valence-corrected chi connectivity index (χ1v) is 10.2. The average molecular weight is 408 g/mol. The van der Waals surface area contributed by atoms with Gasteiger partial charge < -0.3 is 15.2 Å². The number of esters is 1. The number of methoxy groups -OCH3 is 1. The van der Waals surface area contributed by atoms with E-state index in [1.807, 2.05) is 50.2 Å². The van der Waals surface area contributed by atoms with Gasteiger partial charge in [-0.1, -0.05) is 30.3 Å². The number of nitrogens with zero attached hydrogens (tertiary/aromatic N) is 2. The zero-order chi connectivity index (χ0) is 21.5. The number of benzene rings is 1. The Bertz CT molecular complexity index is 936. The van der Waals surface area contributed by atoms with Crippen molar-refractivity contribution in [3.05, 3.63) is 65.5 Å². The molecule has 1 atom stereocenters. The summed E-state index contributed by atoms with van der Waals surface area (Å²) in [6.45, 7) is 4.49. The minimum absolute atomic E-state index is 0.109. The van der Waals surface area contributed by atoms with Crippen LogP contribution in [0.25, 0.3) is 5.70 Å². The smallest absolute Gasteiger partial charge is 0.309 e. The highest BCUT2D eigenvalue weighted by Crippen LogP contribution is 2.32. The van der Waals surface area contributed by atoms with Crippen molar-refractivity contribution in [3.8, 4) is 5.75 Å². The lowest BCUT2D eigenvalue weighted by atomic mass is 9.82. The molecule has 6 nitrogen and oxygen atoms in total. The molecule has 1 aromatic carbocycles. The van der Waals surface area contributed by atoms with Crippen LogP contribution in [0.15, 0.2) is 59.4 Å². The third-order valence-electron chi connectivity index (χ3n) is 5.08. The van der Waals surface area contributed by atoms with E-state index in [4.69, 9.17) is 20.2 Å². The molecule has 0 radical (unpaired) electrons. The van der Waals surface area contributed by atoms with Crippen LogP contribution in [0, 0.1) is 5.92 Å². The van der Waals surface area contributed by atoms with Crippen LogP contribution < -0.4 is 10.5 Å². The Morgan fingerprint density at radius 1 is 1.27 bits per heavy atom. The number of carbonyl (C=O) groups is 1. The van der Waals surface area contributed by atoms with E-state index in [0.29, 0.717) is 37.3 Å². The Balaban J connectivity index is 1.83. The van der Waals surface area contributed by atoms with Crippen LogP contribution in [-0.2, 0) is 16.1 Å². The van der Waals surface area contributed by atoms with Gasteiger partial charge >= 0.3 is 5.97 Å². The fourth-order valence-corrected chi connectivity index (χ4v) is 3.58. The molecular formula is C24H29N3O3. The highest BCUT2D eigenvalue weighted by atomic mass is 16.5. The predicted molar refractivity (Wildman–Crippen MR) is 118 cm³/mol. The highest BCUT2D eigenvalue weighted by molar-refractivity contribution is 6.08. The molecule has 3 rings (SSSR count). The van der Waals surface area contributed by atoms with E-state index in [9.17, 15) is 4.79 Å². The van der Waals surface area contributed by atoms with Crippen LogP contribution >= 0.6 is 0 Å². The number of rotatable bonds is 6. The standard InChI is InChI=1S/C24H29N3O3/c1-16(2)27-22-12-18(24(28)29-3)9-10-21(22)23(25)19-11-20(14-26-13-19)30-15-17-7-5-4-6-8-17/h4-8,11,13-14,16,18H,9-10,12,15,25H2,1-3H3/t18-/m1/s1. The van der Waals surface area contributed by atoms with Crippen LogP contribution in [0.4, 0.5) is 0 Å². The van der Waals surface area contributed by atoms with Gasteiger partial charge in [0.1, 0.15) is 12.4 Å². The van der Waals surface area contributed by atoms with Crippen molar-refractivity contribution >= 4 is 17.4 Å². The minimum Gasteiger partial charge on any atom is -0.487 e. The molecule has 0 saturated heterocycles. The normalized spacial score (nSPS) is 19.6. The Kier molecular flexibility index (Phi) is 7.22. The van der Waals surface area contributed by atoms with Gasteiger partial charge in [0.2, 0.25) is 0 Å². The topological polar surface area (TPSA) is 86.8 Å². The Morgan fingerprint density at radius 3 is 2.73 bits per heavy atom. The maximum absolute atomic E-state index is 12.0. The lowest BCUT2D eigenvalue weighted by molar-refractivity contribution is -0.145. The van der Waals surface area contributed by atoms with Crippen molar-refractivity contribution in [2.24, 2.45) is 16.6 Å². The Labute approximate surface area is 177 Å². The molecule has 0 spiro atoms. The van der Waals surface area contributed by atoms with Gasteiger partial charge in [0, 0.05) is 35.6 Å². The molecule has 2 aromatic rings. The zero-order valence-electron chi connectivity index (χ0n) is 17.8. The molecule has 30 heavy (non-hydrogen) atoms. The van der Waals surface area contributed by atoms with Gasteiger partial charge in [0.25, 0.3) is 0 Å². The number of aliphatic imine (C=N–C) groups is 1. The molecule has 0 bridgehead atoms. The van der Waals surface area contributed by atoms with Gasteiger partial charge in [-0.05, 0) is 43.9 Å². The summed E-state index contributed by atoms with van der Waals surface area (Å²) >= 11 is 0. The summed E-state index contributed by atoms with van der Waals surface area (Å²) in [6, 6.07) is 12.0. The molecule has 1 saturated carbocycles. The van der Waals surface area contributed by atoms with Crippen LogP contribution in [0.3, 0.4) is 0 Å². The molecule has 0 unspecified atom stereocenters. The first-order valence-electron chi connectivity index (χ1n) is 10.2. The predicted octanol–water partition coefficient (Wildman–Crippen LogP) is 4.15. The van der Waals surface area contributed by atoms with Crippen molar-refractivity contribution in [1.82, 2.24) is 4.98 Å². The molecule has 1 fully saturated rings. The van der Waals surface area contributed by atoms with E-state index in [-0.39, 0.29) is 17.9 Å². The van der Waals surface area contributed by atoms with Gasteiger partial charge in [0.15, 0.2) is 0 Å². The molecule has 2 N–H and O–H groups in total. The van der Waals surface area contributed by atoms with Crippen molar-refractivity contribution in [2.75, 3.05) is 7.11 Å². The first kappa shape index (κ1) is 21.6. The van der Waals surface area contributed by atoms with Gasteiger partial charge in [0.05, 0.1) is 19.2 Å². The third kappa shape index (κ3) is 5.47. The largest absolute Gasteiger partial charge is 0.487 e. The summed E-state index contributed by atoms with van der Waals surface area (Å²) in [4.78, 5) is 21.1. The number of allylic oxidation sites excluding steroid dienone is 1. The third-order valence-corrected chi connectivity index (χ3v) is 5.08. The summed E-state index contributed by atoms with van der Waals surface area (Å²) in [5.74, 6) is 0.287. The van der Waals surface area contributed by atoms with Crippen molar-refractivity contribution in [1.29, 1.82) is 0 Å². The van der Waals surface area contributed by atoms with Crippen molar-refractivity contribution in [2.45, 2.75) is 45.8 Å². The maximum Gasteiger partial charge on any atom is 0.309 e. The van der Waals surface area contributed by atoms with Crippen molar-refractivity contribution < 1.29 is 14.3 Å². The summed E-state index contributed by atoms with van der Waals surface area (Å²) in [5, 5.41) is 0. The number of aromatic nitrogens is 1. The molecule has 158 valence electrons. The van der Waals surface area contributed by atoms with E-state index < -0.39 is 0 Å². The van der Waals surface area contributed by atoms with Crippen LogP contribution in [0.2, 0.25) is 0 Å². The molecular weight excluding hydrogens is 378 g/mol. The lowest BCUT2D eigenvalue weighted by Crippen LogP contribution is -2.27.